The molecule has 1 aromatic carbocycles. The van der Waals surface area contributed by atoms with Crippen molar-refractivity contribution in [2.75, 3.05) is 33.3 Å². The maximum Gasteiger partial charge on any atom is 0.291 e. The highest BCUT2D eigenvalue weighted by Crippen LogP contribution is 2.32. The Morgan fingerprint density at radius 2 is 2.05 bits per heavy atom. The monoisotopic (exact) mass is 329 g/mol. The van der Waals surface area contributed by atoms with Crippen molar-refractivity contribution in [2.45, 2.75) is 13.8 Å². The number of rotatable bonds is 8. The van der Waals surface area contributed by atoms with Gasteiger partial charge in [-0.2, -0.15) is 0 Å². The van der Waals surface area contributed by atoms with Crippen LogP contribution in [0.5, 0.6) is 5.75 Å². The second-order valence-electron chi connectivity index (χ2n) is 4.54. The van der Waals surface area contributed by atoms with Crippen LogP contribution in [0.25, 0.3) is 0 Å². The van der Waals surface area contributed by atoms with E-state index in [4.69, 9.17) is 16.3 Å². The van der Waals surface area contributed by atoms with Crippen LogP contribution in [0, 0.1) is 10.1 Å². The molecule has 0 spiro atoms. The molecule has 0 aromatic heterocycles. The Kier molecular flexibility index (Phi) is 7.07. The van der Waals surface area contributed by atoms with E-state index in [9.17, 15) is 14.9 Å². The second-order valence-corrected chi connectivity index (χ2v) is 4.95. The molecule has 22 heavy (non-hydrogen) atoms. The van der Waals surface area contributed by atoms with Gasteiger partial charge in [0.15, 0.2) is 0 Å². The van der Waals surface area contributed by atoms with Crippen molar-refractivity contribution >= 4 is 23.2 Å². The van der Waals surface area contributed by atoms with Gasteiger partial charge >= 0.3 is 0 Å². The first-order valence-electron chi connectivity index (χ1n) is 6.97. The molecule has 0 radical (unpaired) electrons. The fraction of sp³-hybridized carbons (Fsp3) is 0.500. The summed E-state index contributed by atoms with van der Waals surface area (Å²) in [6.07, 6.45) is 0. The van der Waals surface area contributed by atoms with E-state index in [1.165, 1.54) is 13.2 Å². The number of carbonyl (C=O) groups excluding carboxylic acids is 1. The average Bonchev–Trinajstić information content (AvgIpc) is 2.50. The molecule has 0 aliphatic rings. The minimum absolute atomic E-state index is 0.0975. The van der Waals surface area contributed by atoms with Crippen molar-refractivity contribution in [3.05, 3.63) is 32.8 Å². The predicted octanol–water partition coefficient (Wildman–Crippen LogP) is 2.33. The largest absolute Gasteiger partial charge is 0.496 e. The number of hydrogen-bond acceptors (Lipinski definition) is 5. The molecule has 7 nitrogen and oxygen atoms in total. The Bertz CT molecular complexity index is 547. The molecule has 0 unspecified atom stereocenters. The number of hydrogen-bond donors (Lipinski definition) is 1. The number of ether oxygens (including phenoxy) is 1. The van der Waals surface area contributed by atoms with Crippen LogP contribution in [0.15, 0.2) is 12.1 Å². The summed E-state index contributed by atoms with van der Waals surface area (Å²) in [5, 5.41) is 13.5. The third-order valence-corrected chi connectivity index (χ3v) is 3.62. The van der Waals surface area contributed by atoms with Crippen molar-refractivity contribution in [1.82, 2.24) is 10.2 Å². The predicted molar refractivity (Wildman–Crippen MR) is 84.8 cm³/mol. The van der Waals surface area contributed by atoms with Crippen molar-refractivity contribution < 1.29 is 14.5 Å². The molecule has 0 saturated heterocycles. The van der Waals surface area contributed by atoms with Gasteiger partial charge in [0.05, 0.1) is 23.7 Å². The van der Waals surface area contributed by atoms with Crippen LogP contribution in [0.2, 0.25) is 5.02 Å². The maximum absolute atomic E-state index is 12.2. The number of amides is 1. The van der Waals surface area contributed by atoms with Gasteiger partial charge < -0.3 is 15.0 Å². The van der Waals surface area contributed by atoms with E-state index in [2.05, 4.69) is 10.2 Å². The topological polar surface area (TPSA) is 84.7 Å². The van der Waals surface area contributed by atoms with Crippen LogP contribution in [-0.2, 0) is 0 Å². The molecule has 1 rings (SSSR count). The Labute approximate surface area is 134 Å². The highest BCUT2D eigenvalue weighted by molar-refractivity contribution is 6.33. The summed E-state index contributed by atoms with van der Waals surface area (Å²) in [6.45, 7) is 7.09. The van der Waals surface area contributed by atoms with E-state index in [0.717, 1.165) is 25.7 Å². The minimum atomic E-state index is -0.618. The molecule has 0 aliphatic heterocycles. The van der Waals surface area contributed by atoms with Crippen molar-refractivity contribution in [1.29, 1.82) is 0 Å². The normalized spacial score (nSPS) is 10.6. The summed E-state index contributed by atoms with van der Waals surface area (Å²) >= 11 is 5.84. The number of nitro benzene ring substituents is 1. The average molecular weight is 330 g/mol. The molecular weight excluding hydrogens is 310 g/mol. The molecule has 0 heterocycles. The third-order valence-electron chi connectivity index (χ3n) is 3.32. The zero-order chi connectivity index (χ0) is 16.7. The van der Waals surface area contributed by atoms with Crippen molar-refractivity contribution in [2.24, 2.45) is 0 Å². The first-order valence-corrected chi connectivity index (χ1v) is 7.34. The molecule has 0 fully saturated rings. The van der Waals surface area contributed by atoms with Crippen molar-refractivity contribution in [3.8, 4) is 5.75 Å². The highest BCUT2D eigenvalue weighted by Gasteiger charge is 2.21. The van der Waals surface area contributed by atoms with Gasteiger partial charge in [0.2, 0.25) is 0 Å². The minimum Gasteiger partial charge on any atom is -0.496 e. The van der Waals surface area contributed by atoms with E-state index in [-0.39, 0.29) is 27.9 Å². The van der Waals surface area contributed by atoms with E-state index >= 15 is 0 Å². The summed E-state index contributed by atoms with van der Waals surface area (Å²) in [4.78, 5) is 24.6. The Morgan fingerprint density at radius 1 is 1.41 bits per heavy atom. The van der Waals surface area contributed by atoms with E-state index < -0.39 is 4.92 Å². The van der Waals surface area contributed by atoms with Gasteiger partial charge in [-0.3, -0.25) is 14.9 Å². The summed E-state index contributed by atoms with van der Waals surface area (Å²) in [6, 6.07) is 2.41. The van der Waals surface area contributed by atoms with Gasteiger partial charge in [-0.1, -0.05) is 25.4 Å². The molecule has 1 amide bonds. The standard InChI is InChI=1S/C14H20ClN3O4/c1-4-17(5-2)7-6-16-14(19)10-8-11(15)12(18(20)21)9-13(10)22-3/h8-9H,4-7H2,1-3H3,(H,16,19). The Balaban J connectivity index is 2.85. The number of nitrogens with one attached hydrogen (secondary N) is 1. The van der Waals surface area contributed by atoms with Gasteiger partial charge in [0.25, 0.3) is 11.6 Å². The zero-order valence-electron chi connectivity index (χ0n) is 12.9. The molecule has 1 N–H and O–H groups in total. The number of nitro groups is 1. The highest BCUT2D eigenvalue weighted by atomic mass is 35.5. The number of carbonyl (C=O) groups is 1. The van der Waals surface area contributed by atoms with Crippen molar-refractivity contribution in [3.63, 3.8) is 0 Å². The number of methoxy groups -OCH3 is 1. The van der Waals surface area contributed by atoms with Crippen LogP contribution in [0.1, 0.15) is 24.2 Å². The quantitative estimate of drug-likeness (QED) is 0.584. The van der Waals surface area contributed by atoms with Gasteiger partial charge in [-0.05, 0) is 19.2 Å². The van der Waals surface area contributed by atoms with Gasteiger partial charge in [-0.25, -0.2) is 0 Å². The molecule has 0 bridgehead atoms. The lowest BCUT2D eigenvalue weighted by Gasteiger charge is -2.18. The first-order chi connectivity index (χ1) is 10.4. The second kappa shape index (κ2) is 8.55. The summed E-state index contributed by atoms with van der Waals surface area (Å²) < 4.78 is 5.05. The lowest BCUT2D eigenvalue weighted by atomic mass is 10.1. The lowest BCUT2D eigenvalue weighted by molar-refractivity contribution is -0.384. The number of nitrogens with zero attached hydrogens (tertiary/aromatic N) is 2. The van der Waals surface area contributed by atoms with Crippen LogP contribution in [-0.4, -0.2) is 49.0 Å². The summed E-state index contributed by atoms with van der Waals surface area (Å²) in [7, 11) is 1.35. The molecule has 0 atom stereocenters. The molecule has 0 saturated carbocycles. The van der Waals surface area contributed by atoms with E-state index in [1.54, 1.807) is 0 Å². The Morgan fingerprint density at radius 3 is 2.55 bits per heavy atom. The summed E-state index contributed by atoms with van der Waals surface area (Å²) in [5.74, 6) is -0.253. The van der Waals surface area contributed by atoms with Crippen LogP contribution in [0.3, 0.4) is 0 Å². The number of halogens is 1. The smallest absolute Gasteiger partial charge is 0.291 e. The van der Waals surface area contributed by atoms with Gasteiger partial charge in [0, 0.05) is 13.1 Å². The van der Waals surface area contributed by atoms with E-state index in [0.29, 0.717) is 6.54 Å². The van der Waals surface area contributed by atoms with Crippen LogP contribution < -0.4 is 10.1 Å². The maximum atomic E-state index is 12.2. The lowest BCUT2D eigenvalue weighted by Crippen LogP contribution is -2.34. The van der Waals surface area contributed by atoms with Crippen LogP contribution in [0.4, 0.5) is 5.69 Å². The fourth-order valence-corrected chi connectivity index (χ4v) is 2.22. The zero-order valence-corrected chi connectivity index (χ0v) is 13.6. The summed E-state index contributed by atoms with van der Waals surface area (Å²) in [5.41, 5.74) is -0.115. The number of benzene rings is 1. The van der Waals surface area contributed by atoms with Gasteiger partial charge in [-0.15, -0.1) is 0 Å². The molecular formula is C14H20ClN3O4. The van der Waals surface area contributed by atoms with Gasteiger partial charge in [0.1, 0.15) is 10.8 Å². The molecule has 122 valence electrons. The molecule has 0 aliphatic carbocycles. The van der Waals surface area contributed by atoms with E-state index in [1.807, 2.05) is 13.8 Å². The first kappa shape index (κ1) is 18.2. The molecule has 8 heteroatoms. The fourth-order valence-electron chi connectivity index (χ4n) is 1.99. The van der Waals surface area contributed by atoms with Crippen LogP contribution >= 0.6 is 11.6 Å². The number of likely N-dealkylation sites (N-methyl/N-ethyl adjacent to an activating group) is 1. The SMILES string of the molecule is CCN(CC)CCNC(=O)c1cc(Cl)c([N+](=O)[O-])cc1OC. The molecule has 1 aromatic rings. The third kappa shape index (κ3) is 4.57. The Hall–Kier alpha value is -1.86.